The van der Waals surface area contributed by atoms with Gasteiger partial charge in [-0.25, -0.2) is 8.42 Å². The Bertz CT molecular complexity index is 593. The standard InChI is InChI=1S/C15H17O3PS.K/c16-20(17,18)13-7-12-19(14-8-3-1-4-9-14)15-10-5-2-6-11-15;/h1-6,8-11H,7,12-13H2,(H,16,17,18);/q;+1/p-1. The number of benzene rings is 2. The SMILES string of the molecule is O=S(=O)([O-])CCCP(c1ccccc1)c1ccccc1.[K+]. The second kappa shape index (κ2) is 9.53. The molecule has 0 bridgehead atoms. The van der Waals surface area contributed by atoms with Gasteiger partial charge >= 0.3 is 51.4 Å². The molecule has 21 heavy (non-hydrogen) atoms. The van der Waals surface area contributed by atoms with Gasteiger partial charge in [0.1, 0.15) is 0 Å². The number of hydrogen-bond donors (Lipinski definition) is 0. The zero-order valence-electron chi connectivity index (χ0n) is 12.0. The summed E-state index contributed by atoms with van der Waals surface area (Å²) in [6, 6.07) is 20.1. The molecular formula is C15H16KO3PS. The smallest absolute Gasteiger partial charge is 0.748 e. The van der Waals surface area contributed by atoms with Gasteiger partial charge in [-0.05, 0) is 31.1 Å². The van der Waals surface area contributed by atoms with Crippen molar-refractivity contribution < 1.29 is 64.4 Å². The Hall–Kier alpha value is 0.416. The van der Waals surface area contributed by atoms with Crippen molar-refractivity contribution in [3.63, 3.8) is 0 Å². The van der Waals surface area contributed by atoms with Crippen LogP contribution in [-0.2, 0) is 10.1 Å². The fourth-order valence-corrected chi connectivity index (χ4v) is 5.09. The first-order valence-electron chi connectivity index (χ1n) is 6.37. The molecule has 0 spiro atoms. The molecule has 2 rings (SSSR count). The van der Waals surface area contributed by atoms with E-state index in [0.717, 1.165) is 0 Å². The third-order valence-corrected chi connectivity index (χ3v) is 6.31. The molecule has 0 aromatic heterocycles. The van der Waals surface area contributed by atoms with E-state index in [4.69, 9.17) is 0 Å². The van der Waals surface area contributed by atoms with Crippen molar-refractivity contribution >= 4 is 28.6 Å². The second-order valence-corrected chi connectivity index (χ2v) is 8.30. The van der Waals surface area contributed by atoms with Gasteiger partial charge in [-0.15, -0.1) is 0 Å². The molecule has 0 saturated heterocycles. The molecule has 2 aromatic rings. The van der Waals surface area contributed by atoms with Crippen LogP contribution < -0.4 is 62.0 Å². The Morgan fingerprint density at radius 3 is 1.67 bits per heavy atom. The van der Waals surface area contributed by atoms with Gasteiger partial charge in [0.25, 0.3) is 0 Å². The zero-order chi connectivity index (χ0) is 14.4. The first-order valence-corrected chi connectivity index (χ1v) is 9.48. The predicted octanol–water partition coefficient (Wildman–Crippen LogP) is -0.941. The molecule has 0 aliphatic heterocycles. The van der Waals surface area contributed by atoms with E-state index in [1.165, 1.54) is 10.6 Å². The van der Waals surface area contributed by atoms with Crippen LogP contribution in [0.25, 0.3) is 0 Å². The minimum atomic E-state index is -4.12. The fourth-order valence-electron chi connectivity index (χ4n) is 2.02. The predicted molar refractivity (Wildman–Crippen MR) is 83.1 cm³/mol. The van der Waals surface area contributed by atoms with Crippen molar-refractivity contribution in [2.75, 3.05) is 11.9 Å². The molecule has 0 saturated carbocycles. The third-order valence-electron chi connectivity index (χ3n) is 2.91. The summed E-state index contributed by atoms with van der Waals surface area (Å²) in [5.41, 5.74) is 0. The molecular weight excluding hydrogens is 330 g/mol. The minimum absolute atomic E-state index is 0. The van der Waals surface area contributed by atoms with Crippen LogP contribution in [0, 0.1) is 0 Å². The molecule has 0 radical (unpaired) electrons. The third kappa shape index (κ3) is 7.02. The van der Waals surface area contributed by atoms with Crippen molar-refractivity contribution in [2.24, 2.45) is 0 Å². The monoisotopic (exact) mass is 346 g/mol. The van der Waals surface area contributed by atoms with Gasteiger partial charge in [0.05, 0.1) is 10.1 Å². The maximum atomic E-state index is 10.7. The number of rotatable bonds is 6. The number of hydrogen-bond acceptors (Lipinski definition) is 3. The van der Waals surface area contributed by atoms with Crippen LogP contribution in [0.4, 0.5) is 0 Å². The van der Waals surface area contributed by atoms with Crippen LogP contribution in [0.3, 0.4) is 0 Å². The van der Waals surface area contributed by atoms with Crippen molar-refractivity contribution in [2.45, 2.75) is 6.42 Å². The average Bonchev–Trinajstić information content (AvgIpc) is 2.44. The molecule has 0 unspecified atom stereocenters. The van der Waals surface area contributed by atoms with Crippen LogP contribution in [0.15, 0.2) is 60.7 Å². The van der Waals surface area contributed by atoms with Crippen LogP contribution in [0.5, 0.6) is 0 Å². The summed E-state index contributed by atoms with van der Waals surface area (Å²) < 4.78 is 32.2. The molecule has 0 aliphatic carbocycles. The van der Waals surface area contributed by atoms with E-state index in [-0.39, 0.29) is 57.1 Å². The van der Waals surface area contributed by atoms with E-state index < -0.39 is 18.0 Å². The van der Waals surface area contributed by atoms with Gasteiger partial charge in [-0.2, -0.15) is 0 Å². The van der Waals surface area contributed by atoms with Gasteiger partial charge < -0.3 is 4.55 Å². The quantitative estimate of drug-likeness (QED) is 0.385. The molecule has 0 N–H and O–H groups in total. The molecule has 0 heterocycles. The molecule has 106 valence electrons. The molecule has 6 heteroatoms. The Kier molecular flexibility index (Phi) is 8.83. The zero-order valence-corrected chi connectivity index (χ0v) is 16.8. The summed E-state index contributed by atoms with van der Waals surface area (Å²) in [6.07, 6.45) is 1.12. The van der Waals surface area contributed by atoms with Crippen LogP contribution >= 0.6 is 7.92 Å². The Labute approximate surface area is 170 Å². The Balaban J connectivity index is 0.00000220. The second-order valence-electron chi connectivity index (χ2n) is 4.44. The van der Waals surface area contributed by atoms with Crippen LogP contribution in [0.2, 0.25) is 0 Å². The van der Waals surface area contributed by atoms with Crippen LogP contribution in [-0.4, -0.2) is 24.9 Å². The molecule has 0 aliphatic rings. The summed E-state index contributed by atoms with van der Waals surface area (Å²) in [7, 11) is -4.73. The van der Waals surface area contributed by atoms with E-state index in [0.29, 0.717) is 12.6 Å². The van der Waals surface area contributed by atoms with E-state index >= 15 is 0 Å². The molecule has 0 atom stereocenters. The maximum absolute atomic E-state index is 10.7. The average molecular weight is 346 g/mol. The van der Waals surface area contributed by atoms with E-state index in [9.17, 15) is 13.0 Å². The minimum Gasteiger partial charge on any atom is -0.748 e. The van der Waals surface area contributed by atoms with Gasteiger partial charge in [0.2, 0.25) is 0 Å². The molecule has 0 fully saturated rings. The van der Waals surface area contributed by atoms with E-state index in [2.05, 4.69) is 24.3 Å². The van der Waals surface area contributed by atoms with E-state index in [1.54, 1.807) is 0 Å². The summed E-state index contributed by atoms with van der Waals surface area (Å²) in [5, 5.41) is 2.41. The molecule has 0 amide bonds. The van der Waals surface area contributed by atoms with Gasteiger partial charge in [0.15, 0.2) is 0 Å². The van der Waals surface area contributed by atoms with Crippen molar-refractivity contribution in [1.29, 1.82) is 0 Å². The first-order chi connectivity index (χ1) is 9.56. The van der Waals surface area contributed by atoms with Crippen molar-refractivity contribution in [3.8, 4) is 0 Å². The van der Waals surface area contributed by atoms with Gasteiger partial charge in [0, 0.05) is 5.75 Å². The maximum Gasteiger partial charge on any atom is 1.00 e. The normalized spacial score (nSPS) is 11.1. The summed E-state index contributed by atoms with van der Waals surface area (Å²) in [5.74, 6) is -0.286. The van der Waals surface area contributed by atoms with Gasteiger partial charge in [-0.1, -0.05) is 60.7 Å². The van der Waals surface area contributed by atoms with E-state index in [1.807, 2.05) is 36.4 Å². The summed E-state index contributed by atoms with van der Waals surface area (Å²) >= 11 is 0. The Morgan fingerprint density at radius 1 is 0.857 bits per heavy atom. The topological polar surface area (TPSA) is 57.2 Å². The van der Waals surface area contributed by atoms with Crippen molar-refractivity contribution in [1.82, 2.24) is 0 Å². The molecule has 2 aromatic carbocycles. The van der Waals surface area contributed by atoms with Crippen LogP contribution in [0.1, 0.15) is 6.42 Å². The fraction of sp³-hybridized carbons (Fsp3) is 0.200. The molecule has 3 nitrogen and oxygen atoms in total. The summed E-state index contributed by atoms with van der Waals surface area (Å²) in [4.78, 5) is 0. The largest absolute Gasteiger partial charge is 1.00 e. The first kappa shape index (κ1) is 19.5. The summed E-state index contributed by atoms with van der Waals surface area (Å²) in [6.45, 7) is 0. The van der Waals surface area contributed by atoms with Crippen molar-refractivity contribution in [3.05, 3.63) is 60.7 Å². The Morgan fingerprint density at radius 2 is 1.29 bits per heavy atom. The van der Waals surface area contributed by atoms with Gasteiger partial charge in [-0.3, -0.25) is 0 Å².